The summed E-state index contributed by atoms with van der Waals surface area (Å²) in [7, 11) is 0. The standard InChI is InChI=1S/C21H22N2O3S2/c24-18-13-28-21(26)23(18)12-14-5-3-8-16(11-14)20(25)22-19(15-6-1-2-7-15)17-9-4-10-27-17/h3-5,8-11,15,19H,1-2,6-7,12-13H2,(H,22,25). The lowest BCUT2D eigenvalue weighted by Gasteiger charge is -2.24. The monoisotopic (exact) mass is 414 g/mol. The first-order valence-electron chi connectivity index (χ1n) is 9.52. The van der Waals surface area contributed by atoms with Crippen LogP contribution in [-0.2, 0) is 11.3 Å². The lowest BCUT2D eigenvalue weighted by molar-refractivity contribution is -0.125. The number of imide groups is 1. The van der Waals surface area contributed by atoms with Crippen LogP contribution in [0.5, 0.6) is 0 Å². The van der Waals surface area contributed by atoms with Crippen molar-refractivity contribution in [3.63, 3.8) is 0 Å². The minimum atomic E-state index is -0.223. The van der Waals surface area contributed by atoms with E-state index in [1.165, 1.54) is 22.6 Å². The van der Waals surface area contributed by atoms with Crippen molar-refractivity contribution in [2.75, 3.05) is 5.75 Å². The van der Waals surface area contributed by atoms with Gasteiger partial charge in [-0.2, -0.15) is 0 Å². The lowest BCUT2D eigenvalue weighted by Crippen LogP contribution is -2.32. The van der Waals surface area contributed by atoms with Gasteiger partial charge in [0.05, 0.1) is 18.3 Å². The molecule has 1 aromatic heterocycles. The molecule has 2 aromatic rings. The number of hydrogen-bond acceptors (Lipinski definition) is 5. The van der Waals surface area contributed by atoms with Gasteiger partial charge in [-0.3, -0.25) is 19.3 Å². The molecule has 146 valence electrons. The second kappa shape index (κ2) is 8.49. The summed E-state index contributed by atoms with van der Waals surface area (Å²) in [5.41, 5.74) is 1.34. The average molecular weight is 415 g/mol. The summed E-state index contributed by atoms with van der Waals surface area (Å²) in [5.74, 6) is 0.384. The molecule has 2 aliphatic rings. The third-order valence-electron chi connectivity index (χ3n) is 5.38. The van der Waals surface area contributed by atoms with E-state index in [2.05, 4.69) is 11.4 Å². The molecule has 7 heteroatoms. The summed E-state index contributed by atoms with van der Waals surface area (Å²) < 4.78 is 0. The molecule has 4 rings (SSSR count). The van der Waals surface area contributed by atoms with Crippen LogP contribution in [0.25, 0.3) is 0 Å². The van der Waals surface area contributed by atoms with Crippen molar-refractivity contribution in [1.82, 2.24) is 10.2 Å². The van der Waals surface area contributed by atoms with E-state index in [0.717, 1.165) is 30.2 Å². The Hall–Kier alpha value is -2.12. The molecule has 2 fully saturated rings. The van der Waals surface area contributed by atoms with E-state index in [1.54, 1.807) is 29.5 Å². The molecule has 1 aliphatic carbocycles. The van der Waals surface area contributed by atoms with Crippen LogP contribution in [0.15, 0.2) is 41.8 Å². The minimum Gasteiger partial charge on any atom is -0.344 e. The highest BCUT2D eigenvalue weighted by Gasteiger charge is 2.31. The van der Waals surface area contributed by atoms with Crippen LogP contribution < -0.4 is 5.32 Å². The maximum absolute atomic E-state index is 13.0. The first-order chi connectivity index (χ1) is 13.6. The predicted octanol–water partition coefficient (Wildman–Crippen LogP) is 4.60. The molecule has 3 amide bonds. The van der Waals surface area contributed by atoms with E-state index in [0.29, 0.717) is 11.5 Å². The Morgan fingerprint density at radius 2 is 2.00 bits per heavy atom. The predicted molar refractivity (Wildman–Crippen MR) is 111 cm³/mol. The number of carbonyl (C=O) groups is 3. The highest BCUT2D eigenvalue weighted by Crippen LogP contribution is 2.37. The van der Waals surface area contributed by atoms with Gasteiger partial charge in [0, 0.05) is 10.4 Å². The van der Waals surface area contributed by atoms with Crippen molar-refractivity contribution < 1.29 is 14.4 Å². The zero-order valence-corrected chi connectivity index (χ0v) is 17.1. The molecule has 0 bridgehead atoms. The smallest absolute Gasteiger partial charge is 0.289 e. The highest BCUT2D eigenvalue weighted by molar-refractivity contribution is 8.14. The van der Waals surface area contributed by atoms with Crippen molar-refractivity contribution in [3.8, 4) is 0 Å². The molecule has 1 atom stereocenters. The Kier molecular flexibility index (Phi) is 5.82. The van der Waals surface area contributed by atoms with Gasteiger partial charge in [-0.15, -0.1) is 11.3 Å². The highest BCUT2D eigenvalue weighted by atomic mass is 32.2. The molecule has 1 saturated heterocycles. The van der Waals surface area contributed by atoms with E-state index >= 15 is 0 Å². The molecule has 1 aliphatic heterocycles. The van der Waals surface area contributed by atoms with Crippen LogP contribution in [0.2, 0.25) is 0 Å². The number of nitrogens with zero attached hydrogens (tertiary/aromatic N) is 1. The number of hydrogen-bond donors (Lipinski definition) is 1. The van der Waals surface area contributed by atoms with Crippen LogP contribution in [0.3, 0.4) is 0 Å². The van der Waals surface area contributed by atoms with Crippen molar-refractivity contribution in [2.24, 2.45) is 5.92 Å². The molecule has 0 spiro atoms. The number of amides is 3. The van der Waals surface area contributed by atoms with Gasteiger partial charge >= 0.3 is 0 Å². The van der Waals surface area contributed by atoms with Gasteiger partial charge in [0.15, 0.2) is 0 Å². The second-order valence-electron chi connectivity index (χ2n) is 7.25. The summed E-state index contributed by atoms with van der Waals surface area (Å²) in [6, 6.07) is 11.4. The third kappa shape index (κ3) is 4.15. The molecule has 28 heavy (non-hydrogen) atoms. The van der Waals surface area contributed by atoms with Gasteiger partial charge < -0.3 is 5.32 Å². The lowest BCUT2D eigenvalue weighted by atomic mass is 9.96. The molecule has 5 nitrogen and oxygen atoms in total. The Balaban J connectivity index is 1.49. The number of rotatable bonds is 6. The molecule has 1 N–H and O–H groups in total. The summed E-state index contributed by atoms with van der Waals surface area (Å²) >= 11 is 2.70. The van der Waals surface area contributed by atoms with Crippen molar-refractivity contribution >= 4 is 40.2 Å². The maximum atomic E-state index is 13.0. The first kappa shape index (κ1) is 19.2. The van der Waals surface area contributed by atoms with Gasteiger partial charge in [0.2, 0.25) is 5.91 Å². The van der Waals surface area contributed by atoms with Crippen LogP contribution in [0, 0.1) is 5.92 Å². The Labute approximate surface area is 172 Å². The topological polar surface area (TPSA) is 66.5 Å². The number of benzene rings is 1. The largest absolute Gasteiger partial charge is 0.344 e. The zero-order chi connectivity index (χ0) is 19.5. The van der Waals surface area contributed by atoms with E-state index in [9.17, 15) is 14.4 Å². The van der Waals surface area contributed by atoms with E-state index in [-0.39, 0.29) is 35.4 Å². The van der Waals surface area contributed by atoms with Crippen LogP contribution >= 0.6 is 23.1 Å². The zero-order valence-electron chi connectivity index (χ0n) is 15.4. The summed E-state index contributed by atoms with van der Waals surface area (Å²) in [4.78, 5) is 39.1. The summed E-state index contributed by atoms with van der Waals surface area (Å²) in [5, 5.41) is 5.06. The van der Waals surface area contributed by atoms with Crippen LogP contribution in [-0.4, -0.2) is 27.7 Å². The summed E-state index contributed by atoms with van der Waals surface area (Å²) in [6.45, 7) is 0.211. The Morgan fingerprint density at radius 1 is 1.18 bits per heavy atom. The fraction of sp³-hybridized carbons (Fsp3) is 0.381. The Bertz CT molecular complexity index is 860. The van der Waals surface area contributed by atoms with E-state index < -0.39 is 0 Å². The van der Waals surface area contributed by atoms with Crippen molar-refractivity contribution in [3.05, 3.63) is 57.8 Å². The third-order valence-corrected chi connectivity index (χ3v) is 7.19. The normalized spacial score (nSPS) is 18.6. The van der Waals surface area contributed by atoms with Crippen LogP contribution in [0.4, 0.5) is 4.79 Å². The van der Waals surface area contributed by atoms with Gasteiger partial charge in [0.25, 0.3) is 11.1 Å². The van der Waals surface area contributed by atoms with Crippen LogP contribution in [0.1, 0.15) is 52.5 Å². The number of thioether (sulfide) groups is 1. The Morgan fingerprint density at radius 3 is 2.68 bits per heavy atom. The molecule has 0 radical (unpaired) electrons. The molecule has 1 unspecified atom stereocenters. The van der Waals surface area contributed by atoms with Crippen molar-refractivity contribution in [2.45, 2.75) is 38.3 Å². The first-order valence-corrected chi connectivity index (χ1v) is 11.4. The van der Waals surface area contributed by atoms with E-state index in [1.807, 2.05) is 17.5 Å². The van der Waals surface area contributed by atoms with Gasteiger partial charge in [0.1, 0.15) is 0 Å². The average Bonchev–Trinajstić information content (AvgIpc) is 3.46. The van der Waals surface area contributed by atoms with E-state index in [4.69, 9.17) is 0 Å². The SMILES string of the molecule is O=C(NC(c1cccs1)C1CCCC1)c1cccc(CN2C(=O)CSC2=O)c1. The summed E-state index contributed by atoms with van der Waals surface area (Å²) in [6.07, 6.45) is 4.71. The fourth-order valence-corrected chi connectivity index (χ4v) is 5.53. The van der Waals surface area contributed by atoms with Crippen molar-refractivity contribution in [1.29, 1.82) is 0 Å². The fourth-order valence-electron chi connectivity index (χ4n) is 3.93. The molecule has 1 saturated carbocycles. The maximum Gasteiger partial charge on any atom is 0.289 e. The molecule has 2 heterocycles. The minimum absolute atomic E-state index is 0.0387. The number of nitrogens with one attached hydrogen (secondary N) is 1. The quantitative estimate of drug-likeness (QED) is 0.750. The van der Waals surface area contributed by atoms with Gasteiger partial charge in [-0.25, -0.2) is 0 Å². The van der Waals surface area contributed by atoms with Gasteiger partial charge in [-0.1, -0.05) is 42.8 Å². The number of carbonyl (C=O) groups excluding carboxylic acids is 3. The van der Waals surface area contributed by atoms with Gasteiger partial charge in [-0.05, 0) is 47.9 Å². The molecular weight excluding hydrogens is 392 g/mol. The number of thiophene rings is 1. The molecule has 1 aromatic carbocycles. The second-order valence-corrected chi connectivity index (χ2v) is 9.15. The molecular formula is C21H22N2O3S2.